The molecule has 0 aliphatic carbocycles. The van der Waals surface area contributed by atoms with E-state index in [2.05, 4.69) is 5.32 Å². The third kappa shape index (κ3) is 3.66. The number of benzene rings is 2. The van der Waals surface area contributed by atoms with Crippen LogP contribution in [0.1, 0.15) is 29.8 Å². The SMILES string of the molecule is CCOc1ccc(C(=O)CN2C(=O)N[C@](C)(c3ccc(Cl)cc3)C2=O)cc1. The highest BCUT2D eigenvalue weighted by Gasteiger charge is 2.49. The van der Waals surface area contributed by atoms with Crippen LogP contribution in [-0.4, -0.2) is 35.8 Å². The van der Waals surface area contributed by atoms with E-state index in [1.807, 2.05) is 6.92 Å². The van der Waals surface area contributed by atoms with Crippen LogP contribution in [0.3, 0.4) is 0 Å². The van der Waals surface area contributed by atoms with Gasteiger partial charge >= 0.3 is 6.03 Å². The minimum absolute atomic E-state index is 0.332. The zero-order chi connectivity index (χ0) is 19.6. The number of ketones is 1. The number of amides is 3. The molecule has 140 valence electrons. The number of halogens is 1. The smallest absolute Gasteiger partial charge is 0.325 e. The average Bonchev–Trinajstić information content (AvgIpc) is 2.87. The van der Waals surface area contributed by atoms with Crippen LogP contribution in [-0.2, 0) is 10.3 Å². The molecular formula is C20H19ClN2O4. The Balaban J connectivity index is 1.77. The Morgan fingerprint density at radius 1 is 1.11 bits per heavy atom. The van der Waals surface area contributed by atoms with Crippen LogP contribution < -0.4 is 10.1 Å². The Kier molecular flexibility index (Phi) is 5.19. The molecule has 1 saturated heterocycles. The van der Waals surface area contributed by atoms with Crippen LogP contribution in [0.4, 0.5) is 4.79 Å². The van der Waals surface area contributed by atoms with E-state index >= 15 is 0 Å². The standard InChI is InChI=1S/C20H19ClN2O4/c1-3-27-16-10-4-13(5-11-16)17(24)12-23-18(25)20(2,22-19(23)26)14-6-8-15(21)9-7-14/h4-11H,3,12H2,1-2H3,(H,22,26)/t20-/m1/s1. The van der Waals surface area contributed by atoms with Gasteiger partial charge < -0.3 is 10.1 Å². The van der Waals surface area contributed by atoms with E-state index < -0.39 is 17.5 Å². The van der Waals surface area contributed by atoms with Crippen molar-refractivity contribution < 1.29 is 19.1 Å². The zero-order valence-corrected chi connectivity index (χ0v) is 15.7. The molecule has 0 spiro atoms. The number of nitrogens with one attached hydrogen (secondary N) is 1. The lowest BCUT2D eigenvalue weighted by Gasteiger charge is -2.22. The summed E-state index contributed by atoms with van der Waals surface area (Å²) in [7, 11) is 0. The van der Waals surface area contributed by atoms with Crippen molar-refractivity contribution in [1.82, 2.24) is 10.2 Å². The maximum absolute atomic E-state index is 12.9. The molecule has 1 N–H and O–H groups in total. The molecule has 2 aromatic carbocycles. The first-order chi connectivity index (χ1) is 12.8. The largest absolute Gasteiger partial charge is 0.494 e. The second-order valence-corrected chi connectivity index (χ2v) is 6.77. The highest BCUT2D eigenvalue weighted by Crippen LogP contribution is 2.29. The van der Waals surface area contributed by atoms with Gasteiger partial charge in [0, 0.05) is 10.6 Å². The molecule has 1 fully saturated rings. The van der Waals surface area contributed by atoms with E-state index in [4.69, 9.17) is 16.3 Å². The predicted octanol–water partition coefficient (Wildman–Crippen LogP) is 3.39. The summed E-state index contributed by atoms with van der Waals surface area (Å²) < 4.78 is 5.34. The Labute approximate surface area is 162 Å². The van der Waals surface area contributed by atoms with Gasteiger partial charge in [-0.2, -0.15) is 0 Å². The Morgan fingerprint density at radius 2 is 1.74 bits per heavy atom. The number of imide groups is 1. The first-order valence-corrected chi connectivity index (χ1v) is 8.89. The van der Waals surface area contributed by atoms with Crippen molar-refractivity contribution in [2.75, 3.05) is 13.2 Å². The Morgan fingerprint density at radius 3 is 2.33 bits per heavy atom. The molecule has 3 rings (SSSR count). The van der Waals surface area contributed by atoms with Crippen molar-refractivity contribution in [3.8, 4) is 5.75 Å². The van der Waals surface area contributed by atoms with Gasteiger partial charge in [-0.25, -0.2) is 4.79 Å². The summed E-state index contributed by atoms with van der Waals surface area (Å²) in [5.74, 6) is -0.157. The van der Waals surface area contributed by atoms with Crippen LogP contribution in [0.5, 0.6) is 5.75 Å². The van der Waals surface area contributed by atoms with E-state index in [1.165, 1.54) is 0 Å². The third-order valence-corrected chi connectivity index (χ3v) is 4.74. The van der Waals surface area contributed by atoms with E-state index in [0.717, 1.165) is 4.90 Å². The third-order valence-electron chi connectivity index (χ3n) is 4.49. The molecule has 2 aromatic rings. The first kappa shape index (κ1) is 18.9. The molecule has 3 amide bonds. The van der Waals surface area contributed by atoms with Gasteiger partial charge in [0.15, 0.2) is 5.78 Å². The zero-order valence-electron chi connectivity index (χ0n) is 15.0. The van der Waals surface area contributed by atoms with Gasteiger partial charge in [0.25, 0.3) is 5.91 Å². The fourth-order valence-corrected chi connectivity index (χ4v) is 3.08. The van der Waals surface area contributed by atoms with Gasteiger partial charge in [0.05, 0.1) is 13.2 Å². The van der Waals surface area contributed by atoms with Gasteiger partial charge in [-0.1, -0.05) is 23.7 Å². The van der Waals surface area contributed by atoms with Crippen LogP contribution >= 0.6 is 11.6 Å². The lowest BCUT2D eigenvalue weighted by Crippen LogP contribution is -2.41. The topological polar surface area (TPSA) is 75.7 Å². The summed E-state index contributed by atoms with van der Waals surface area (Å²) in [5, 5.41) is 3.20. The van der Waals surface area contributed by atoms with Crippen molar-refractivity contribution in [2.24, 2.45) is 0 Å². The van der Waals surface area contributed by atoms with Crippen molar-refractivity contribution >= 4 is 29.3 Å². The fraction of sp³-hybridized carbons (Fsp3) is 0.250. The molecule has 0 saturated carbocycles. The monoisotopic (exact) mass is 386 g/mol. The van der Waals surface area contributed by atoms with E-state index in [-0.39, 0.29) is 12.3 Å². The summed E-state index contributed by atoms with van der Waals surface area (Å²) in [6.07, 6.45) is 0. The van der Waals surface area contributed by atoms with Crippen molar-refractivity contribution in [1.29, 1.82) is 0 Å². The van der Waals surface area contributed by atoms with Gasteiger partial charge in [-0.05, 0) is 55.8 Å². The van der Waals surface area contributed by atoms with Crippen molar-refractivity contribution in [2.45, 2.75) is 19.4 Å². The quantitative estimate of drug-likeness (QED) is 0.610. The molecular weight excluding hydrogens is 368 g/mol. The van der Waals surface area contributed by atoms with Crippen molar-refractivity contribution in [3.63, 3.8) is 0 Å². The molecule has 7 heteroatoms. The minimum atomic E-state index is -1.24. The molecule has 1 aliphatic heterocycles. The normalized spacial score (nSPS) is 19.1. The molecule has 1 aliphatic rings. The molecule has 6 nitrogen and oxygen atoms in total. The number of hydrogen-bond acceptors (Lipinski definition) is 4. The minimum Gasteiger partial charge on any atom is -0.494 e. The van der Waals surface area contributed by atoms with Crippen LogP contribution in [0, 0.1) is 0 Å². The Bertz CT molecular complexity index is 880. The van der Waals surface area contributed by atoms with Gasteiger partial charge in [-0.15, -0.1) is 0 Å². The summed E-state index contributed by atoms with van der Waals surface area (Å²) in [6, 6.07) is 12.6. The van der Waals surface area contributed by atoms with Gasteiger partial charge in [-0.3, -0.25) is 14.5 Å². The number of Topliss-reactive ketones (excluding diaryl/α,β-unsaturated/α-hetero) is 1. The Hall–Kier alpha value is -2.86. The number of rotatable bonds is 6. The maximum atomic E-state index is 12.9. The lowest BCUT2D eigenvalue weighted by atomic mass is 9.92. The second-order valence-electron chi connectivity index (χ2n) is 6.33. The van der Waals surface area contributed by atoms with Crippen molar-refractivity contribution in [3.05, 3.63) is 64.7 Å². The summed E-state index contributed by atoms with van der Waals surface area (Å²) in [5.41, 5.74) is -0.235. The van der Waals surface area contributed by atoms with E-state index in [1.54, 1.807) is 55.5 Å². The molecule has 0 bridgehead atoms. The summed E-state index contributed by atoms with van der Waals surface area (Å²) >= 11 is 5.89. The maximum Gasteiger partial charge on any atom is 0.325 e. The molecule has 0 radical (unpaired) electrons. The fourth-order valence-electron chi connectivity index (χ4n) is 2.96. The molecule has 27 heavy (non-hydrogen) atoms. The number of nitrogens with zero attached hydrogens (tertiary/aromatic N) is 1. The second kappa shape index (κ2) is 7.40. The summed E-state index contributed by atoms with van der Waals surface area (Å²) in [4.78, 5) is 38.7. The number of carbonyl (C=O) groups excluding carboxylic acids is 3. The van der Waals surface area contributed by atoms with Gasteiger partial charge in [0.2, 0.25) is 0 Å². The molecule has 0 aromatic heterocycles. The lowest BCUT2D eigenvalue weighted by molar-refractivity contribution is -0.130. The highest BCUT2D eigenvalue weighted by atomic mass is 35.5. The van der Waals surface area contributed by atoms with E-state index in [9.17, 15) is 14.4 Å². The highest BCUT2D eigenvalue weighted by molar-refractivity contribution is 6.30. The van der Waals surface area contributed by atoms with Gasteiger partial charge in [0.1, 0.15) is 11.3 Å². The average molecular weight is 387 g/mol. The first-order valence-electron chi connectivity index (χ1n) is 8.51. The van der Waals surface area contributed by atoms with E-state index in [0.29, 0.717) is 28.5 Å². The molecule has 0 unspecified atom stereocenters. The number of carbonyl (C=O) groups is 3. The number of ether oxygens (including phenoxy) is 1. The molecule has 1 heterocycles. The number of hydrogen-bond donors (Lipinski definition) is 1. The summed E-state index contributed by atoms with van der Waals surface area (Å²) in [6.45, 7) is 3.67. The van der Waals surface area contributed by atoms with Crippen LogP contribution in [0.25, 0.3) is 0 Å². The molecule has 1 atom stereocenters. The van der Waals surface area contributed by atoms with Crippen LogP contribution in [0.2, 0.25) is 5.02 Å². The predicted molar refractivity (Wildman–Crippen MR) is 101 cm³/mol. The van der Waals surface area contributed by atoms with Crippen LogP contribution in [0.15, 0.2) is 48.5 Å². The number of urea groups is 1.